The molecule has 1 aliphatic rings. The van der Waals surface area contributed by atoms with Crippen LogP contribution in [0.2, 0.25) is 0 Å². The largest absolute Gasteiger partial charge is 0.491 e. The minimum absolute atomic E-state index is 0.101. The van der Waals surface area contributed by atoms with Gasteiger partial charge in [-0.15, -0.1) is 0 Å². The van der Waals surface area contributed by atoms with Crippen LogP contribution in [-0.2, 0) is 9.53 Å². The molecule has 0 saturated carbocycles. The standard InChI is InChI=1S/C19H28N2O4/c1-3-11-25-19(23)15-4-5-16(20)17(13-15)24-12-8-18(22)21-9-6-14(2)7-10-21/h4-5,13-14H,3,6-12,20H2,1-2H3. The molecule has 1 aromatic carbocycles. The number of nitrogens with two attached hydrogens (primary N) is 1. The molecular weight excluding hydrogens is 320 g/mol. The third-order valence-corrected chi connectivity index (χ3v) is 4.40. The summed E-state index contributed by atoms with van der Waals surface area (Å²) >= 11 is 0. The average Bonchev–Trinajstić information content (AvgIpc) is 2.61. The van der Waals surface area contributed by atoms with Gasteiger partial charge in [0.25, 0.3) is 0 Å². The van der Waals surface area contributed by atoms with Gasteiger partial charge in [-0.05, 0) is 43.4 Å². The lowest BCUT2D eigenvalue weighted by Crippen LogP contribution is -2.38. The second-order valence-electron chi connectivity index (χ2n) is 6.55. The summed E-state index contributed by atoms with van der Waals surface area (Å²) in [7, 11) is 0. The summed E-state index contributed by atoms with van der Waals surface area (Å²) < 4.78 is 10.7. The highest BCUT2D eigenvalue weighted by Gasteiger charge is 2.20. The van der Waals surface area contributed by atoms with Crippen molar-refractivity contribution < 1.29 is 19.1 Å². The molecule has 25 heavy (non-hydrogen) atoms. The summed E-state index contributed by atoms with van der Waals surface area (Å²) in [4.78, 5) is 26.0. The van der Waals surface area contributed by atoms with Crippen molar-refractivity contribution in [2.45, 2.75) is 39.5 Å². The monoisotopic (exact) mass is 348 g/mol. The molecule has 2 N–H and O–H groups in total. The van der Waals surface area contributed by atoms with Crippen LogP contribution >= 0.6 is 0 Å². The molecule has 0 bridgehead atoms. The van der Waals surface area contributed by atoms with Crippen molar-refractivity contribution in [1.82, 2.24) is 4.90 Å². The Morgan fingerprint density at radius 3 is 2.64 bits per heavy atom. The first kappa shape index (κ1) is 19.1. The van der Waals surface area contributed by atoms with Crippen molar-refractivity contribution in [3.05, 3.63) is 23.8 Å². The van der Waals surface area contributed by atoms with Gasteiger partial charge in [-0.2, -0.15) is 0 Å². The second kappa shape index (κ2) is 9.30. The van der Waals surface area contributed by atoms with E-state index in [1.807, 2.05) is 11.8 Å². The maximum absolute atomic E-state index is 12.2. The van der Waals surface area contributed by atoms with E-state index in [0.29, 0.717) is 35.9 Å². The maximum atomic E-state index is 12.2. The van der Waals surface area contributed by atoms with Gasteiger partial charge in [-0.25, -0.2) is 4.79 Å². The van der Waals surface area contributed by atoms with Gasteiger partial charge in [0.2, 0.25) is 5.91 Å². The molecule has 0 aliphatic carbocycles. The SMILES string of the molecule is CCCOC(=O)c1ccc(N)c(OCCC(=O)N2CCC(C)CC2)c1. The van der Waals surface area contributed by atoms with Crippen LogP contribution in [0.25, 0.3) is 0 Å². The van der Waals surface area contributed by atoms with E-state index in [0.717, 1.165) is 32.4 Å². The summed E-state index contributed by atoms with van der Waals surface area (Å²) in [5, 5.41) is 0. The number of nitrogens with zero attached hydrogens (tertiary/aromatic N) is 1. The smallest absolute Gasteiger partial charge is 0.338 e. The predicted octanol–water partition coefficient (Wildman–Crippen LogP) is 2.86. The number of amides is 1. The molecule has 1 fully saturated rings. The zero-order valence-corrected chi connectivity index (χ0v) is 15.1. The molecule has 0 aromatic heterocycles. The van der Waals surface area contributed by atoms with Crippen LogP contribution in [0.5, 0.6) is 5.75 Å². The Hall–Kier alpha value is -2.24. The van der Waals surface area contributed by atoms with Crippen molar-refractivity contribution in [2.75, 3.05) is 32.0 Å². The Balaban J connectivity index is 1.85. The van der Waals surface area contributed by atoms with E-state index in [1.54, 1.807) is 18.2 Å². The lowest BCUT2D eigenvalue weighted by Gasteiger charge is -2.30. The van der Waals surface area contributed by atoms with E-state index in [4.69, 9.17) is 15.2 Å². The first-order valence-corrected chi connectivity index (χ1v) is 8.98. The molecule has 0 spiro atoms. The fourth-order valence-electron chi connectivity index (χ4n) is 2.73. The number of carbonyl (C=O) groups is 2. The number of hydrogen-bond acceptors (Lipinski definition) is 5. The summed E-state index contributed by atoms with van der Waals surface area (Å²) in [6, 6.07) is 4.80. The van der Waals surface area contributed by atoms with Crippen molar-refractivity contribution in [3.8, 4) is 5.75 Å². The van der Waals surface area contributed by atoms with Gasteiger partial charge in [-0.3, -0.25) is 4.79 Å². The number of benzene rings is 1. The van der Waals surface area contributed by atoms with Crippen LogP contribution in [0.3, 0.4) is 0 Å². The highest BCUT2D eigenvalue weighted by Crippen LogP contribution is 2.24. The van der Waals surface area contributed by atoms with Crippen molar-refractivity contribution in [3.63, 3.8) is 0 Å². The number of ether oxygens (including phenoxy) is 2. The van der Waals surface area contributed by atoms with Gasteiger partial charge < -0.3 is 20.1 Å². The van der Waals surface area contributed by atoms with Crippen molar-refractivity contribution >= 4 is 17.6 Å². The number of carbonyl (C=O) groups excluding carboxylic acids is 2. The molecule has 0 atom stereocenters. The highest BCUT2D eigenvalue weighted by atomic mass is 16.5. The summed E-state index contributed by atoms with van der Waals surface area (Å²) in [6.45, 7) is 6.41. The third-order valence-electron chi connectivity index (χ3n) is 4.40. The van der Waals surface area contributed by atoms with E-state index in [9.17, 15) is 9.59 Å². The molecule has 6 nitrogen and oxygen atoms in total. The number of rotatable bonds is 7. The quantitative estimate of drug-likeness (QED) is 0.605. The van der Waals surface area contributed by atoms with E-state index in [2.05, 4.69) is 6.92 Å². The Kier molecular flexibility index (Phi) is 7.10. The molecule has 0 unspecified atom stereocenters. The van der Waals surface area contributed by atoms with Crippen LogP contribution in [0.4, 0.5) is 5.69 Å². The maximum Gasteiger partial charge on any atom is 0.338 e. The molecule has 2 rings (SSSR count). The highest BCUT2D eigenvalue weighted by molar-refractivity contribution is 5.90. The van der Waals surface area contributed by atoms with Crippen molar-refractivity contribution in [1.29, 1.82) is 0 Å². The molecule has 0 radical (unpaired) electrons. The fourth-order valence-corrected chi connectivity index (χ4v) is 2.73. The average molecular weight is 348 g/mol. The second-order valence-corrected chi connectivity index (χ2v) is 6.55. The Labute approximate surface area is 149 Å². The Morgan fingerprint density at radius 1 is 1.24 bits per heavy atom. The van der Waals surface area contributed by atoms with Crippen LogP contribution in [0.15, 0.2) is 18.2 Å². The summed E-state index contributed by atoms with van der Waals surface area (Å²) in [5.74, 6) is 0.801. The molecule has 1 aliphatic heterocycles. The Bertz CT molecular complexity index is 595. The lowest BCUT2D eigenvalue weighted by atomic mass is 9.99. The molecule has 138 valence electrons. The molecule has 6 heteroatoms. The number of anilines is 1. The normalized spacial score (nSPS) is 15.0. The summed E-state index contributed by atoms with van der Waals surface area (Å²) in [5.41, 5.74) is 6.73. The van der Waals surface area contributed by atoms with E-state index < -0.39 is 5.97 Å². The van der Waals surface area contributed by atoms with Gasteiger partial charge in [-0.1, -0.05) is 13.8 Å². The zero-order valence-electron chi connectivity index (χ0n) is 15.1. The number of likely N-dealkylation sites (tertiary alicyclic amines) is 1. The van der Waals surface area contributed by atoms with E-state index in [-0.39, 0.29) is 12.5 Å². The topological polar surface area (TPSA) is 81.9 Å². The van der Waals surface area contributed by atoms with Gasteiger partial charge in [0.15, 0.2) is 0 Å². The lowest BCUT2D eigenvalue weighted by molar-refractivity contribution is -0.133. The summed E-state index contributed by atoms with van der Waals surface area (Å²) in [6.07, 6.45) is 3.18. The number of nitrogen functional groups attached to an aromatic ring is 1. The fraction of sp³-hybridized carbons (Fsp3) is 0.579. The van der Waals surface area contributed by atoms with Gasteiger partial charge in [0.1, 0.15) is 5.75 Å². The predicted molar refractivity (Wildman–Crippen MR) is 96.5 cm³/mol. The van der Waals surface area contributed by atoms with Crippen LogP contribution in [0.1, 0.15) is 49.9 Å². The minimum Gasteiger partial charge on any atom is -0.491 e. The van der Waals surface area contributed by atoms with E-state index >= 15 is 0 Å². The van der Waals surface area contributed by atoms with Crippen LogP contribution in [0, 0.1) is 5.92 Å². The van der Waals surface area contributed by atoms with Gasteiger partial charge >= 0.3 is 5.97 Å². The number of piperidine rings is 1. The molecule has 1 aromatic rings. The molecule has 1 heterocycles. The van der Waals surface area contributed by atoms with Crippen molar-refractivity contribution in [2.24, 2.45) is 5.92 Å². The van der Waals surface area contributed by atoms with Crippen LogP contribution in [-0.4, -0.2) is 43.1 Å². The van der Waals surface area contributed by atoms with E-state index in [1.165, 1.54) is 0 Å². The first-order chi connectivity index (χ1) is 12.0. The number of hydrogen-bond donors (Lipinski definition) is 1. The zero-order chi connectivity index (χ0) is 18.2. The Morgan fingerprint density at radius 2 is 1.96 bits per heavy atom. The molecular formula is C19H28N2O4. The molecule has 1 amide bonds. The third kappa shape index (κ3) is 5.66. The number of esters is 1. The van der Waals surface area contributed by atoms with Gasteiger partial charge in [0.05, 0.1) is 30.9 Å². The molecule has 1 saturated heterocycles. The van der Waals surface area contributed by atoms with Gasteiger partial charge in [0, 0.05) is 13.1 Å². The minimum atomic E-state index is -0.398. The van der Waals surface area contributed by atoms with Crippen LogP contribution < -0.4 is 10.5 Å². The first-order valence-electron chi connectivity index (χ1n) is 8.98.